The van der Waals surface area contributed by atoms with Gasteiger partial charge in [0, 0.05) is 41.4 Å². The summed E-state index contributed by atoms with van der Waals surface area (Å²) < 4.78 is 49.0. The molecule has 3 aromatic rings. The number of aliphatic hydroxyl groups excluding tert-OH is 1. The van der Waals surface area contributed by atoms with Crippen LogP contribution in [-0.2, 0) is 41.5 Å². The highest BCUT2D eigenvalue weighted by Crippen LogP contribution is 2.77. The second-order valence-corrected chi connectivity index (χ2v) is 33.8. The molecule has 13 aliphatic carbocycles. The summed E-state index contributed by atoms with van der Waals surface area (Å²) in [5, 5.41) is 28.6. The quantitative estimate of drug-likeness (QED) is 0.0798. The van der Waals surface area contributed by atoms with Crippen molar-refractivity contribution in [2.75, 3.05) is 52.7 Å². The number of hydrogen-bond donors (Lipinski definition) is 7. The van der Waals surface area contributed by atoms with Crippen molar-refractivity contribution in [1.29, 1.82) is 0 Å². The largest absolute Gasteiger partial charge is 0.390 e. The van der Waals surface area contributed by atoms with Crippen molar-refractivity contribution in [2.45, 2.75) is 219 Å². The first-order valence-corrected chi connectivity index (χ1v) is 33.9. The van der Waals surface area contributed by atoms with E-state index in [1.165, 1.54) is 11.1 Å². The predicted molar refractivity (Wildman–Crippen MR) is 328 cm³/mol. The molecule has 18 rings (SSSR count). The van der Waals surface area contributed by atoms with E-state index in [4.69, 9.17) is 5.73 Å². The summed E-state index contributed by atoms with van der Waals surface area (Å²) in [5.74, 6) is 0.892. The average molecular weight is 1180 g/mol. The van der Waals surface area contributed by atoms with Crippen LogP contribution >= 0.6 is 0 Å². The molecule has 15 aliphatic rings. The molecule has 3 aromatic carbocycles. The molecule has 10 nitrogen and oxygen atoms in total. The molecule has 3 amide bonds. The number of piperidine rings is 2. The van der Waals surface area contributed by atoms with Gasteiger partial charge in [-0.1, -0.05) is 92.7 Å². The fourth-order valence-electron chi connectivity index (χ4n) is 25.2. The predicted octanol–water partition coefficient (Wildman–Crippen LogP) is 10.8. The minimum Gasteiger partial charge on any atom is -0.390 e. The average Bonchev–Trinajstić information content (AvgIpc) is 0.688. The van der Waals surface area contributed by atoms with Crippen LogP contribution in [0.4, 0.5) is 13.2 Å². The van der Waals surface area contributed by atoms with Gasteiger partial charge in [-0.3, -0.25) is 27.6 Å². The smallest absolute Gasteiger partial charge is 0.226 e. The minimum atomic E-state index is -0.905. The van der Waals surface area contributed by atoms with E-state index in [-0.39, 0.29) is 52.0 Å². The van der Waals surface area contributed by atoms with Gasteiger partial charge in [0.25, 0.3) is 0 Å². The number of halogens is 3. The number of rotatable bonds is 15. The molecule has 0 spiro atoms. The lowest BCUT2D eigenvalue weighted by molar-refractivity contribution is -0.173. The highest BCUT2D eigenvalue weighted by atomic mass is 19.1. The van der Waals surface area contributed by atoms with Crippen molar-refractivity contribution >= 4 is 17.7 Å². The second kappa shape index (κ2) is 20.1. The Bertz CT molecular complexity index is 3140. The Morgan fingerprint density at radius 2 is 0.965 bits per heavy atom. The molecule has 86 heavy (non-hydrogen) atoms. The van der Waals surface area contributed by atoms with E-state index in [0.29, 0.717) is 103 Å². The molecular formula is C73H97F3N6O4. The molecule has 12 bridgehead atoms. The third-order valence-electron chi connectivity index (χ3n) is 27.1. The van der Waals surface area contributed by atoms with E-state index in [0.717, 1.165) is 107 Å². The van der Waals surface area contributed by atoms with Gasteiger partial charge in [0.05, 0.1) is 48.4 Å². The van der Waals surface area contributed by atoms with Gasteiger partial charge in [0.2, 0.25) is 17.7 Å². The Kier molecular flexibility index (Phi) is 13.6. The van der Waals surface area contributed by atoms with Crippen LogP contribution in [0.3, 0.4) is 0 Å². The number of benzene rings is 3. The highest BCUT2D eigenvalue weighted by molar-refractivity contribution is 5.86. The Morgan fingerprint density at radius 3 is 1.48 bits per heavy atom. The Labute approximate surface area is 508 Å². The lowest BCUT2D eigenvalue weighted by atomic mass is 9.33. The Balaban J connectivity index is 0.787. The zero-order chi connectivity index (χ0) is 59.4. The molecule has 15 fully saturated rings. The minimum absolute atomic E-state index is 0.0539. The van der Waals surface area contributed by atoms with Gasteiger partial charge in [-0.05, 0) is 246 Å². The number of carbonyl (C=O) groups is 3. The molecule has 464 valence electrons. The van der Waals surface area contributed by atoms with Crippen LogP contribution in [0.1, 0.15) is 196 Å². The van der Waals surface area contributed by atoms with Crippen molar-refractivity contribution < 1.29 is 32.7 Å². The van der Waals surface area contributed by atoms with Crippen molar-refractivity contribution in [2.24, 2.45) is 55.5 Å². The molecular weight excluding hydrogens is 1080 g/mol. The number of nitrogens with one attached hydrogen (secondary N) is 5. The summed E-state index contributed by atoms with van der Waals surface area (Å²) in [5.41, 5.74) is 5.24. The molecule has 2 heterocycles. The maximum atomic E-state index is 16.8. The molecule has 13 heteroatoms. The first-order chi connectivity index (χ1) is 41.2. The van der Waals surface area contributed by atoms with Crippen LogP contribution in [0.5, 0.6) is 0 Å². The van der Waals surface area contributed by atoms with E-state index >= 15 is 22.8 Å². The van der Waals surface area contributed by atoms with Crippen LogP contribution in [0.15, 0.2) is 78.9 Å². The number of hydrogen-bond acceptors (Lipinski definition) is 7. The number of β-amino-alcohol motifs (C(OH)–C–C–N with tert-alkyl or cyclic N) is 1. The van der Waals surface area contributed by atoms with Gasteiger partial charge in [-0.2, -0.15) is 0 Å². The maximum absolute atomic E-state index is 16.8. The number of carbonyl (C=O) groups excluding carboxylic acids is 3. The number of aliphatic hydroxyl groups is 1. The lowest BCUT2D eigenvalue weighted by Gasteiger charge is -2.70. The fourth-order valence-corrected chi connectivity index (χ4v) is 25.2. The summed E-state index contributed by atoms with van der Waals surface area (Å²) in [6, 6.07) is 28.7. The van der Waals surface area contributed by atoms with Crippen LogP contribution in [-0.4, -0.2) is 99.8 Å². The second-order valence-electron chi connectivity index (χ2n) is 33.8. The zero-order valence-electron chi connectivity index (χ0n) is 51.5. The van der Waals surface area contributed by atoms with Gasteiger partial charge in [-0.25, -0.2) is 0 Å². The van der Waals surface area contributed by atoms with Crippen LogP contribution in [0.2, 0.25) is 0 Å². The summed E-state index contributed by atoms with van der Waals surface area (Å²) in [6.07, 6.45) is 17.0. The molecule has 15 atom stereocenters. The zero-order valence-corrected chi connectivity index (χ0v) is 51.5. The van der Waals surface area contributed by atoms with Gasteiger partial charge < -0.3 is 37.4 Å². The van der Waals surface area contributed by atoms with E-state index < -0.39 is 80.9 Å². The summed E-state index contributed by atoms with van der Waals surface area (Å²) in [4.78, 5) is 45.8. The summed E-state index contributed by atoms with van der Waals surface area (Å²) in [7, 11) is 0. The van der Waals surface area contributed by atoms with Gasteiger partial charge in [0.1, 0.15) is 0 Å². The monoisotopic (exact) mass is 1180 g/mol. The molecule has 8 N–H and O–H groups in total. The number of alkyl halides is 3. The number of amides is 3. The van der Waals surface area contributed by atoms with Crippen LogP contribution < -0.4 is 32.3 Å². The highest BCUT2D eigenvalue weighted by Gasteiger charge is 2.74. The van der Waals surface area contributed by atoms with Crippen molar-refractivity contribution in [3.63, 3.8) is 0 Å². The third-order valence-corrected chi connectivity index (χ3v) is 27.1. The molecule has 2 aliphatic heterocycles. The number of nitrogens with two attached hydrogens (primary N) is 1. The first-order valence-electron chi connectivity index (χ1n) is 33.9. The van der Waals surface area contributed by atoms with E-state index in [1.807, 2.05) is 6.07 Å². The Morgan fingerprint density at radius 1 is 0.500 bits per heavy atom. The van der Waals surface area contributed by atoms with Crippen LogP contribution in [0, 0.1) is 49.7 Å². The topological polar surface area (TPSA) is 158 Å². The van der Waals surface area contributed by atoms with E-state index in [1.54, 1.807) is 0 Å². The third kappa shape index (κ3) is 8.96. The van der Waals surface area contributed by atoms with Crippen molar-refractivity contribution in [3.05, 3.63) is 107 Å². The normalized spacial score (nSPS) is 45.6. The standard InChI is InChI=1S/C73H97F3N6O4/c1-62(2)47-79-23-21-58(62)82-59(84)67-26-49-24-63(30-67,44-74)29-66(25-49,37-67)51-10-12-52(13-11-51)70-33-65(46-76)34-71(39-70,43-73(36-65,42-70)61(86)81-56-20-22-78-28-57(56)83)54-16-14-53(15-17-54)69-32-64(45-75)31-68(38-69,50-6-4-3-5-7-50)40-72(35-64,41-69)60(85)80-55-18-8-48(27-77)9-19-55/h3-7,10-17,48-49,55-58,78-79,83H,8-9,18-47,77H2,1-2H3,(H,80,85)(H,81,86)(H,82,84)/t48-,49?,55+,56-,57-,58?,63+,64-,65+,66-,67?,68+,69?,70?,71+,72?,73?/m1/s1. The molecule has 13 saturated carbocycles. The van der Waals surface area contributed by atoms with Crippen LogP contribution in [0.25, 0.3) is 0 Å². The van der Waals surface area contributed by atoms with Gasteiger partial charge in [-0.15, -0.1) is 0 Å². The van der Waals surface area contributed by atoms with Crippen molar-refractivity contribution in [1.82, 2.24) is 26.6 Å². The molecule has 7 unspecified atom stereocenters. The molecule has 2 saturated heterocycles. The summed E-state index contributed by atoms with van der Waals surface area (Å²) >= 11 is 0. The lowest BCUT2D eigenvalue weighted by Crippen LogP contribution is -2.69. The van der Waals surface area contributed by atoms with E-state index in [9.17, 15) is 9.90 Å². The Hall–Kier alpha value is -4.30. The van der Waals surface area contributed by atoms with E-state index in [2.05, 4.69) is 113 Å². The maximum Gasteiger partial charge on any atom is 0.226 e. The SMILES string of the molecule is CC1(C)CNCCC1NC(=O)C12CC3C[C@@](CF)(C1)C[C@](c1ccc(C45CC6(C(=O)N[C@@H]7CCNC[C@H]7O)C[C@](CF)(C4)C[C@@](c4ccc(C78CC9(C(=O)N[C@H]%10CC[C@@H](CN)CC%10)C[C@](CF)(C7)C[C@@](c7ccccc7)(C9)C8)cc4)(C6)C5)cc1)(C3)C2. The molecule has 0 aromatic heterocycles. The van der Waals surface area contributed by atoms with Crippen molar-refractivity contribution in [3.8, 4) is 0 Å². The molecule has 0 radical (unpaired) electrons. The fraction of sp³-hybridized carbons (Fsp3) is 0.712. The summed E-state index contributed by atoms with van der Waals surface area (Å²) in [6.45, 7) is 6.49. The first kappa shape index (κ1) is 58.1. The van der Waals surface area contributed by atoms with Gasteiger partial charge in [0.15, 0.2) is 0 Å². The van der Waals surface area contributed by atoms with Gasteiger partial charge >= 0.3 is 0 Å².